The minimum absolute atomic E-state index is 0.124. The van der Waals surface area contributed by atoms with Crippen molar-refractivity contribution in [2.75, 3.05) is 6.61 Å². The summed E-state index contributed by atoms with van der Waals surface area (Å²) in [7, 11) is 0. The average molecular weight is 216 g/mol. The largest absolute Gasteiger partial charge is 0.374 e. The first-order valence-electron chi connectivity index (χ1n) is 5.79. The molecule has 1 aromatic carbocycles. The monoisotopic (exact) mass is 216 g/mol. The van der Waals surface area contributed by atoms with E-state index in [4.69, 9.17) is 4.74 Å². The summed E-state index contributed by atoms with van der Waals surface area (Å²) in [5.41, 5.74) is 2.48. The van der Waals surface area contributed by atoms with Gasteiger partial charge in [0.2, 0.25) is 0 Å². The Morgan fingerprint density at radius 1 is 1.25 bits per heavy atom. The lowest BCUT2D eigenvalue weighted by Gasteiger charge is -2.42. The maximum Gasteiger partial charge on any atom is 0.159 e. The van der Waals surface area contributed by atoms with Crippen LogP contribution in [0.25, 0.3) is 0 Å². The second-order valence-corrected chi connectivity index (χ2v) is 5.51. The molecule has 1 saturated carbocycles. The zero-order chi connectivity index (χ0) is 11.4. The van der Waals surface area contributed by atoms with Crippen molar-refractivity contribution in [3.8, 4) is 0 Å². The second-order valence-electron chi connectivity index (χ2n) is 5.51. The van der Waals surface area contributed by atoms with Gasteiger partial charge in [-0.25, -0.2) is 0 Å². The fraction of sp³-hybridized carbons (Fsp3) is 0.500. The van der Waals surface area contributed by atoms with Crippen LogP contribution in [0.2, 0.25) is 0 Å². The lowest BCUT2D eigenvalue weighted by molar-refractivity contribution is 0.0158. The zero-order valence-corrected chi connectivity index (χ0v) is 9.75. The van der Waals surface area contributed by atoms with Crippen molar-refractivity contribution in [2.24, 2.45) is 0 Å². The van der Waals surface area contributed by atoms with Crippen LogP contribution in [-0.2, 0) is 10.2 Å². The fourth-order valence-corrected chi connectivity index (χ4v) is 3.24. The molecule has 84 valence electrons. The molecule has 0 aromatic heterocycles. The summed E-state index contributed by atoms with van der Waals surface area (Å²) in [5, 5.41) is 0. The zero-order valence-electron chi connectivity index (χ0n) is 9.75. The third-order valence-corrected chi connectivity index (χ3v) is 4.03. The number of benzene rings is 1. The highest BCUT2D eigenvalue weighted by molar-refractivity contribution is 5.94. The van der Waals surface area contributed by atoms with Gasteiger partial charge in [0, 0.05) is 11.0 Å². The van der Waals surface area contributed by atoms with Gasteiger partial charge in [-0.1, -0.05) is 24.3 Å². The molecule has 4 rings (SSSR count). The lowest BCUT2D eigenvalue weighted by atomic mass is 9.60. The minimum Gasteiger partial charge on any atom is -0.374 e. The van der Waals surface area contributed by atoms with E-state index in [1.165, 1.54) is 5.56 Å². The molecule has 1 aromatic rings. The standard InChI is InChI=1S/C14H16O2/c1-10(15)11-3-5-12(6-4-11)14-7-13(2,8-14)16-9-14/h3-6H,7-9H2,1-2H3. The number of ether oxygens (including phenoxy) is 1. The number of Topliss-reactive ketones (excluding diaryl/α,β-unsaturated/α-hetero) is 1. The van der Waals surface area contributed by atoms with E-state index >= 15 is 0 Å². The molecule has 2 heterocycles. The number of hydrogen-bond donors (Lipinski definition) is 0. The Hall–Kier alpha value is -1.15. The summed E-state index contributed by atoms with van der Waals surface area (Å²) >= 11 is 0. The Morgan fingerprint density at radius 3 is 2.31 bits per heavy atom. The molecular formula is C14H16O2. The van der Waals surface area contributed by atoms with E-state index in [0.29, 0.717) is 0 Å². The van der Waals surface area contributed by atoms with Crippen molar-refractivity contribution in [1.29, 1.82) is 0 Å². The van der Waals surface area contributed by atoms with Crippen molar-refractivity contribution >= 4 is 5.78 Å². The van der Waals surface area contributed by atoms with Crippen molar-refractivity contribution in [2.45, 2.75) is 37.7 Å². The van der Waals surface area contributed by atoms with Crippen LogP contribution in [-0.4, -0.2) is 18.0 Å². The van der Waals surface area contributed by atoms with E-state index in [1.807, 2.05) is 12.1 Å². The summed E-state index contributed by atoms with van der Waals surface area (Å²) in [6.45, 7) is 4.62. The van der Waals surface area contributed by atoms with Gasteiger partial charge >= 0.3 is 0 Å². The number of ketones is 1. The van der Waals surface area contributed by atoms with Crippen molar-refractivity contribution in [3.05, 3.63) is 35.4 Å². The molecule has 0 unspecified atom stereocenters. The first-order chi connectivity index (χ1) is 7.53. The van der Waals surface area contributed by atoms with Crippen LogP contribution in [0, 0.1) is 0 Å². The third-order valence-electron chi connectivity index (χ3n) is 4.03. The summed E-state index contributed by atoms with van der Waals surface area (Å²) in [6, 6.07) is 8.04. The molecule has 2 nitrogen and oxygen atoms in total. The molecule has 3 aliphatic rings. The van der Waals surface area contributed by atoms with Gasteiger partial charge in [0.25, 0.3) is 0 Å². The smallest absolute Gasteiger partial charge is 0.159 e. The number of rotatable bonds is 2. The lowest BCUT2D eigenvalue weighted by Crippen LogP contribution is -2.44. The average Bonchev–Trinajstić information content (AvgIpc) is 2.72. The summed E-state index contributed by atoms with van der Waals surface area (Å²) < 4.78 is 5.78. The maximum atomic E-state index is 11.2. The van der Waals surface area contributed by atoms with E-state index in [-0.39, 0.29) is 16.8 Å². The normalized spacial score (nSPS) is 35.9. The van der Waals surface area contributed by atoms with E-state index < -0.39 is 0 Å². The van der Waals surface area contributed by atoms with Crippen molar-refractivity contribution < 1.29 is 9.53 Å². The van der Waals surface area contributed by atoms with Crippen molar-refractivity contribution in [1.82, 2.24) is 0 Å². The molecule has 2 saturated heterocycles. The Kier molecular flexibility index (Phi) is 1.85. The number of fused-ring (bicyclic) bond motifs is 1. The first-order valence-corrected chi connectivity index (χ1v) is 5.79. The molecular weight excluding hydrogens is 200 g/mol. The predicted octanol–water partition coefficient (Wildman–Crippen LogP) is 2.71. The molecule has 0 amide bonds. The fourth-order valence-electron chi connectivity index (χ4n) is 3.24. The molecule has 0 N–H and O–H groups in total. The topological polar surface area (TPSA) is 26.3 Å². The van der Waals surface area contributed by atoms with Crippen LogP contribution in [0.15, 0.2) is 24.3 Å². The molecule has 0 atom stereocenters. The minimum atomic E-state index is 0.124. The molecule has 1 aliphatic carbocycles. The van der Waals surface area contributed by atoms with Gasteiger partial charge in [-0.3, -0.25) is 4.79 Å². The summed E-state index contributed by atoms with van der Waals surface area (Å²) in [5.74, 6) is 0.130. The van der Waals surface area contributed by atoms with Gasteiger partial charge in [0.05, 0.1) is 12.2 Å². The molecule has 0 spiro atoms. The van der Waals surface area contributed by atoms with Crippen LogP contribution in [0.3, 0.4) is 0 Å². The van der Waals surface area contributed by atoms with Gasteiger partial charge in [-0.2, -0.15) is 0 Å². The van der Waals surface area contributed by atoms with Crippen molar-refractivity contribution in [3.63, 3.8) is 0 Å². The van der Waals surface area contributed by atoms with E-state index in [2.05, 4.69) is 19.1 Å². The first kappa shape index (κ1) is 10.0. The number of hydrogen-bond acceptors (Lipinski definition) is 2. The number of carbonyl (C=O) groups is 1. The van der Waals surface area contributed by atoms with Gasteiger partial charge in [-0.15, -0.1) is 0 Å². The van der Waals surface area contributed by atoms with Crippen LogP contribution >= 0.6 is 0 Å². The van der Waals surface area contributed by atoms with Crippen LogP contribution in [0.1, 0.15) is 42.6 Å². The molecule has 3 fully saturated rings. The molecule has 0 radical (unpaired) electrons. The summed E-state index contributed by atoms with van der Waals surface area (Å²) in [4.78, 5) is 11.2. The Bertz CT molecular complexity index is 438. The van der Waals surface area contributed by atoms with Gasteiger partial charge in [0.1, 0.15) is 0 Å². The second kappa shape index (κ2) is 2.95. The molecule has 2 bridgehead atoms. The van der Waals surface area contributed by atoms with Crippen LogP contribution < -0.4 is 0 Å². The Labute approximate surface area is 95.6 Å². The van der Waals surface area contributed by atoms with Gasteiger partial charge in [-0.05, 0) is 32.3 Å². The summed E-state index contributed by atoms with van der Waals surface area (Å²) in [6.07, 6.45) is 2.25. The highest BCUT2D eigenvalue weighted by Crippen LogP contribution is 2.58. The van der Waals surface area contributed by atoms with E-state index in [9.17, 15) is 4.79 Å². The van der Waals surface area contributed by atoms with E-state index in [1.54, 1.807) is 6.92 Å². The number of carbonyl (C=O) groups excluding carboxylic acids is 1. The highest BCUT2D eigenvalue weighted by atomic mass is 16.5. The highest BCUT2D eigenvalue weighted by Gasteiger charge is 2.60. The quantitative estimate of drug-likeness (QED) is 0.710. The van der Waals surface area contributed by atoms with E-state index in [0.717, 1.165) is 25.0 Å². The van der Waals surface area contributed by atoms with Crippen LogP contribution in [0.4, 0.5) is 0 Å². The molecule has 2 aliphatic heterocycles. The van der Waals surface area contributed by atoms with Gasteiger partial charge in [0.15, 0.2) is 5.78 Å². The van der Waals surface area contributed by atoms with Crippen LogP contribution in [0.5, 0.6) is 0 Å². The molecule has 16 heavy (non-hydrogen) atoms. The molecule has 2 heteroatoms. The van der Waals surface area contributed by atoms with Gasteiger partial charge < -0.3 is 4.74 Å². The Morgan fingerprint density at radius 2 is 1.88 bits per heavy atom. The third kappa shape index (κ3) is 1.26. The Balaban J connectivity index is 1.89. The maximum absolute atomic E-state index is 11.2. The predicted molar refractivity (Wildman–Crippen MR) is 61.7 cm³/mol. The SMILES string of the molecule is CC(=O)c1ccc(C23COC(C)(C2)C3)cc1.